The van der Waals surface area contributed by atoms with E-state index in [2.05, 4.69) is 34.6 Å². The summed E-state index contributed by atoms with van der Waals surface area (Å²) >= 11 is 0. The van der Waals surface area contributed by atoms with E-state index in [-0.39, 0.29) is 17.1 Å². The Morgan fingerprint density at radius 2 is 1.64 bits per heavy atom. The Morgan fingerprint density at radius 3 is 2.38 bits per heavy atom. The Kier molecular flexibility index (Phi) is 8.46. The third-order valence-corrected chi connectivity index (χ3v) is 15.3. The second-order valence-electron chi connectivity index (χ2n) is 16.3. The summed E-state index contributed by atoms with van der Waals surface area (Å²) in [5.41, 5.74) is 0.626. The molecule has 6 heteroatoms. The van der Waals surface area contributed by atoms with E-state index in [0.29, 0.717) is 35.0 Å². The van der Waals surface area contributed by atoms with E-state index >= 15 is 0 Å². The number of fused-ring (bicyclic) bond motifs is 6. The molecule has 5 nitrogen and oxygen atoms in total. The van der Waals surface area contributed by atoms with Crippen LogP contribution < -0.4 is 0 Å². The third-order valence-electron chi connectivity index (χ3n) is 13.5. The van der Waals surface area contributed by atoms with Gasteiger partial charge in [0.1, 0.15) is 6.10 Å². The number of benzene rings is 1. The molecule has 1 heterocycles. The van der Waals surface area contributed by atoms with Crippen LogP contribution in [-0.4, -0.2) is 31.2 Å². The fourth-order valence-corrected chi connectivity index (χ4v) is 12.8. The zero-order valence-electron chi connectivity index (χ0n) is 26.8. The molecule has 0 bridgehead atoms. The van der Waals surface area contributed by atoms with Gasteiger partial charge in [0.2, 0.25) is 5.79 Å². The van der Waals surface area contributed by atoms with Crippen molar-refractivity contribution in [2.24, 2.45) is 58.2 Å². The standard InChI is InChI=1S/C36H56O5S/c1-24(2)10-9-11-25(3)31-16-17-32-30-15-14-26-22-36(37)27(21-35(26,5)33(30)18-19-34(31,32)4)20-28(40-41-36)23-42(38,39)29-12-7-6-8-13-29/h6-8,12-13,24-28,30-33,37H,9-11,14-23H2,1-5H3/t25?,26-,27+,28+,30?,31?,32?,33?,34+,35-,36?/m0/s1. The second-order valence-corrected chi connectivity index (χ2v) is 18.3. The first-order valence-corrected chi connectivity index (χ1v) is 18.9. The van der Waals surface area contributed by atoms with Crippen LogP contribution in [0.1, 0.15) is 112 Å². The van der Waals surface area contributed by atoms with Crippen molar-refractivity contribution in [2.45, 2.75) is 128 Å². The molecule has 6 unspecified atom stereocenters. The zero-order valence-corrected chi connectivity index (χ0v) is 27.6. The largest absolute Gasteiger partial charge is 0.363 e. The first kappa shape index (κ1) is 31.0. The maximum atomic E-state index is 13.1. The molecule has 1 saturated heterocycles. The van der Waals surface area contributed by atoms with Crippen molar-refractivity contribution in [3.63, 3.8) is 0 Å². The average Bonchev–Trinajstić information content (AvgIpc) is 3.30. The normalized spacial score (nSPS) is 44.1. The van der Waals surface area contributed by atoms with Crippen molar-refractivity contribution in [3.8, 4) is 0 Å². The van der Waals surface area contributed by atoms with Gasteiger partial charge in [-0.15, -0.1) is 0 Å². The van der Waals surface area contributed by atoms with Crippen LogP contribution in [-0.2, 0) is 19.6 Å². The SMILES string of the molecule is CC(C)CCCC(C)C1CCC2C3CC[C@H]4CC5(O)OO[C@@H](CS(=O)(=O)c6ccccc6)C[C@@H]5C[C@]4(C)C3CC[C@]12C. The summed E-state index contributed by atoms with van der Waals surface area (Å²) in [7, 11) is -3.50. The smallest absolute Gasteiger partial charge is 0.202 e. The molecule has 0 amide bonds. The predicted molar refractivity (Wildman–Crippen MR) is 166 cm³/mol. The Morgan fingerprint density at radius 1 is 0.905 bits per heavy atom. The molecule has 236 valence electrons. The Hall–Kier alpha value is -0.950. The minimum atomic E-state index is -3.50. The van der Waals surface area contributed by atoms with E-state index in [1.807, 2.05) is 6.07 Å². The lowest BCUT2D eigenvalue weighted by Gasteiger charge is -2.64. The fraction of sp³-hybridized carbons (Fsp3) is 0.833. The van der Waals surface area contributed by atoms with Crippen LogP contribution in [0.2, 0.25) is 0 Å². The Bertz CT molecular complexity index is 1200. The average molecular weight is 601 g/mol. The summed E-state index contributed by atoms with van der Waals surface area (Å²) in [5.74, 6) is 3.64. The van der Waals surface area contributed by atoms with Crippen LogP contribution in [0.5, 0.6) is 0 Å². The van der Waals surface area contributed by atoms with Gasteiger partial charge in [-0.1, -0.05) is 72.1 Å². The maximum Gasteiger partial charge on any atom is 0.202 e. The van der Waals surface area contributed by atoms with Crippen molar-refractivity contribution >= 4 is 9.84 Å². The Labute approximate surface area is 255 Å². The molecule has 0 radical (unpaired) electrons. The van der Waals surface area contributed by atoms with Gasteiger partial charge in [-0.3, -0.25) is 0 Å². The van der Waals surface area contributed by atoms with E-state index in [0.717, 1.165) is 42.4 Å². The Balaban J connectivity index is 1.15. The molecule has 0 aromatic heterocycles. The van der Waals surface area contributed by atoms with Crippen LogP contribution in [0.4, 0.5) is 0 Å². The highest BCUT2D eigenvalue weighted by Gasteiger charge is 2.64. The second kappa shape index (κ2) is 11.4. The molecular weight excluding hydrogens is 544 g/mol. The molecule has 1 N–H and O–H groups in total. The topological polar surface area (TPSA) is 72.8 Å². The van der Waals surface area contributed by atoms with Gasteiger partial charge in [-0.25, -0.2) is 18.2 Å². The number of aliphatic hydroxyl groups is 1. The van der Waals surface area contributed by atoms with E-state index in [1.54, 1.807) is 24.3 Å². The summed E-state index contributed by atoms with van der Waals surface area (Å²) in [6.07, 6.45) is 13.4. The number of hydrogen-bond acceptors (Lipinski definition) is 5. The van der Waals surface area contributed by atoms with Crippen molar-refractivity contribution in [1.82, 2.24) is 0 Å². The van der Waals surface area contributed by atoms with Crippen molar-refractivity contribution in [3.05, 3.63) is 30.3 Å². The molecule has 1 aromatic carbocycles. The first-order chi connectivity index (χ1) is 19.9. The van der Waals surface area contributed by atoms with Crippen molar-refractivity contribution in [1.29, 1.82) is 0 Å². The summed E-state index contributed by atoms with van der Waals surface area (Å²) in [6, 6.07) is 8.60. The van der Waals surface area contributed by atoms with Crippen LogP contribution in [0.3, 0.4) is 0 Å². The van der Waals surface area contributed by atoms with Gasteiger partial charge < -0.3 is 5.11 Å². The van der Waals surface area contributed by atoms with E-state index < -0.39 is 21.7 Å². The minimum absolute atomic E-state index is 0.104. The van der Waals surface area contributed by atoms with Crippen LogP contribution >= 0.6 is 0 Å². The summed E-state index contributed by atoms with van der Waals surface area (Å²) < 4.78 is 26.2. The van der Waals surface area contributed by atoms with Gasteiger partial charge in [0.15, 0.2) is 9.84 Å². The lowest BCUT2D eigenvalue weighted by atomic mass is 9.43. The maximum absolute atomic E-state index is 13.1. The summed E-state index contributed by atoms with van der Waals surface area (Å²) in [4.78, 5) is 11.7. The highest BCUT2D eigenvalue weighted by atomic mass is 32.2. The lowest BCUT2D eigenvalue weighted by molar-refractivity contribution is -0.487. The predicted octanol–water partition coefficient (Wildman–Crippen LogP) is 8.22. The van der Waals surface area contributed by atoms with Gasteiger partial charge in [0.25, 0.3) is 0 Å². The first-order valence-electron chi connectivity index (χ1n) is 17.2. The quantitative estimate of drug-likeness (QED) is 0.304. The molecule has 11 atom stereocenters. The van der Waals surface area contributed by atoms with Crippen molar-refractivity contribution < 1.29 is 23.3 Å². The molecule has 5 fully saturated rings. The van der Waals surface area contributed by atoms with Crippen LogP contribution in [0.25, 0.3) is 0 Å². The van der Waals surface area contributed by atoms with E-state index in [9.17, 15) is 13.5 Å². The summed E-state index contributed by atoms with van der Waals surface area (Å²) in [5, 5.41) is 11.7. The van der Waals surface area contributed by atoms with Gasteiger partial charge in [0.05, 0.1) is 10.6 Å². The van der Waals surface area contributed by atoms with Crippen LogP contribution in [0, 0.1) is 58.2 Å². The molecule has 1 aromatic rings. The monoisotopic (exact) mass is 600 g/mol. The number of hydrogen-bond donors (Lipinski definition) is 1. The van der Waals surface area contributed by atoms with Gasteiger partial charge in [-0.2, -0.15) is 0 Å². The molecule has 6 rings (SSSR count). The minimum Gasteiger partial charge on any atom is -0.363 e. The highest BCUT2D eigenvalue weighted by Crippen LogP contribution is 2.70. The highest BCUT2D eigenvalue weighted by molar-refractivity contribution is 7.91. The van der Waals surface area contributed by atoms with Gasteiger partial charge >= 0.3 is 0 Å². The van der Waals surface area contributed by atoms with Crippen LogP contribution in [0.15, 0.2) is 35.2 Å². The molecule has 5 aliphatic rings. The fourth-order valence-electron chi connectivity index (χ4n) is 11.4. The molecule has 0 spiro atoms. The van der Waals surface area contributed by atoms with Gasteiger partial charge in [0, 0.05) is 12.3 Å². The lowest BCUT2D eigenvalue weighted by Crippen LogP contribution is -2.61. The molecule has 42 heavy (non-hydrogen) atoms. The number of rotatable bonds is 8. The third kappa shape index (κ3) is 5.43. The molecular formula is C36H56O5S. The van der Waals surface area contributed by atoms with E-state index in [1.165, 1.54) is 51.4 Å². The zero-order chi connectivity index (χ0) is 29.9. The van der Waals surface area contributed by atoms with E-state index in [4.69, 9.17) is 9.78 Å². The summed E-state index contributed by atoms with van der Waals surface area (Å²) in [6.45, 7) is 12.4. The van der Waals surface area contributed by atoms with Gasteiger partial charge in [-0.05, 0) is 116 Å². The number of sulfone groups is 1. The molecule has 1 aliphatic heterocycles. The molecule has 4 saturated carbocycles. The molecule has 4 aliphatic carbocycles. The van der Waals surface area contributed by atoms with Crippen molar-refractivity contribution in [2.75, 3.05) is 5.75 Å².